The average molecular weight is 370 g/mol. The first-order valence-corrected chi connectivity index (χ1v) is 9.57. The van der Waals surface area contributed by atoms with Gasteiger partial charge in [-0.05, 0) is 50.2 Å². The van der Waals surface area contributed by atoms with E-state index in [9.17, 15) is 4.79 Å². The number of likely N-dealkylation sites (tertiary alicyclic amines) is 1. The summed E-state index contributed by atoms with van der Waals surface area (Å²) in [5.41, 5.74) is 1.84. The predicted molar refractivity (Wildman–Crippen MR) is 102 cm³/mol. The first-order chi connectivity index (χ1) is 12.7. The Morgan fingerprint density at radius 1 is 1.38 bits per heavy atom. The molecular formula is C19H22N4O2S. The van der Waals surface area contributed by atoms with Gasteiger partial charge in [-0.25, -0.2) is 4.98 Å². The number of rotatable bonds is 6. The Balaban J connectivity index is 1.54. The number of amides is 1. The standard InChI is InChI=1S/C19H22N4O2S/c1-25-16-5-3-14(4-6-16)17-13-26-19(21-17)22-18(24)15-7-11-23(12-8-15)10-2-9-20/h3-6,13,15H,2,7-8,10-12H2,1H3,(H,21,22,24). The number of nitrogens with one attached hydrogen (secondary N) is 1. The molecular weight excluding hydrogens is 348 g/mol. The van der Waals surface area contributed by atoms with E-state index < -0.39 is 0 Å². The molecule has 26 heavy (non-hydrogen) atoms. The molecule has 0 aliphatic carbocycles. The molecule has 2 aromatic rings. The number of aromatic nitrogens is 1. The van der Waals surface area contributed by atoms with E-state index in [1.165, 1.54) is 11.3 Å². The summed E-state index contributed by atoms with van der Waals surface area (Å²) in [4.78, 5) is 19.3. The predicted octanol–water partition coefficient (Wildman–Crippen LogP) is 3.38. The summed E-state index contributed by atoms with van der Waals surface area (Å²) in [6, 6.07) is 9.87. The maximum Gasteiger partial charge on any atom is 0.229 e. The van der Waals surface area contributed by atoms with Crippen molar-refractivity contribution in [1.29, 1.82) is 5.26 Å². The zero-order valence-corrected chi connectivity index (χ0v) is 15.6. The highest BCUT2D eigenvalue weighted by Gasteiger charge is 2.25. The molecule has 1 amide bonds. The molecule has 6 nitrogen and oxygen atoms in total. The van der Waals surface area contributed by atoms with Crippen molar-refractivity contribution in [1.82, 2.24) is 9.88 Å². The molecule has 1 saturated heterocycles. The van der Waals surface area contributed by atoms with Gasteiger partial charge in [-0.15, -0.1) is 11.3 Å². The SMILES string of the molecule is COc1ccc(-c2csc(NC(=O)C3CCN(CCC#N)CC3)n2)cc1. The maximum absolute atomic E-state index is 12.5. The van der Waals surface area contributed by atoms with Crippen molar-refractivity contribution in [2.45, 2.75) is 19.3 Å². The minimum Gasteiger partial charge on any atom is -0.497 e. The Hall–Kier alpha value is -2.43. The van der Waals surface area contributed by atoms with Gasteiger partial charge in [0.2, 0.25) is 5.91 Å². The number of benzene rings is 1. The molecule has 0 spiro atoms. The third kappa shape index (κ3) is 4.59. The summed E-state index contributed by atoms with van der Waals surface area (Å²) in [7, 11) is 1.64. The number of hydrogen-bond acceptors (Lipinski definition) is 6. The second kappa shape index (κ2) is 8.79. The fourth-order valence-corrected chi connectivity index (χ4v) is 3.78. The highest BCUT2D eigenvalue weighted by Crippen LogP contribution is 2.27. The third-order valence-electron chi connectivity index (χ3n) is 4.62. The van der Waals surface area contributed by atoms with Gasteiger partial charge in [0.1, 0.15) is 5.75 Å². The van der Waals surface area contributed by atoms with Gasteiger partial charge in [0.05, 0.1) is 18.9 Å². The van der Waals surface area contributed by atoms with Crippen LogP contribution in [0.2, 0.25) is 0 Å². The van der Waals surface area contributed by atoms with Crippen LogP contribution in [-0.2, 0) is 4.79 Å². The van der Waals surface area contributed by atoms with Crippen LogP contribution in [0.4, 0.5) is 5.13 Å². The van der Waals surface area contributed by atoms with Gasteiger partial charge < -0.3 is 15.0 Å². The Labute approximate surface area is 157 Å². The highest BCUT2D eigenvalue weighted by molar-refractivity contribution is 7.14. The maximum atomic E-state index is 12.5. The van der Waals surface area contributed by atoms with Crippen molar-refractivity contribution in [3.8, 4) is 23.1 Å². The van der Waals surface area contributed by atoms with Gasteiger partial charge in [-0.2, -0.15) is 5.26 Å². The third-order valence-corrected chi connectivity index (χ3v) is 5.38. The lowest BCUT2D eigenvalue weighted by Crippen LogP contribution is -2.38. The van der Waals surface area contributed by atoms with Crippen LogP contribution in [0.15, 0.2) is 29.6 Å². The van der Waals surface area contributed by atoms with Gasteiger partial charge in [0.25, 0.3) is 0 Å². The van der Waals surface area contributed by atoms with Gasteiger partial charge in [0.15, 0.2) is 5.13 Å². The number of thiazole rings is 1. The Kier molecular flexibility index (Phi) is 6.21. The van der Waals surface area contributed by atoms with Crippen LogP contribution in [0.5, 0.6) is 5.75 Å². The summed E-state index contributed by atoms with van der Waals surface area (Å²) >= 11 is 1.44. The van der Waals surface area contributed by atoms with Crippen LogP contribution in [0.25, 0.3) is 11.3 Å². The smallest absolute Gasteiger partial charge is 0.229 e. The summed E-state index contributed by atoms with van der Waals surface area (Å²) < 4.78 is 5.17. The molecule has 1 aromatic heterocycles. The second-order valence-electron chi connectivity index (χ2n) is 6.28. The number of carbonyl (C=O) groups is 1. The molecule has 1 fully saturated rings. The fraction of sp³-hybridized carbons (Fsp3) is 0.421. The van der Waals surface area contributed by atoms with Gasteiger partial charge in [-0.3, -0.25) is 4.79 Å². The summed E-state index contributed by atoms with van der Waals surface area (Å²) in [6.45, 7) is 2.53. The van der Waals surface area contributed by atoms with E-state index in [1.54, 1.807) is 7.11 Å². The quantitative estimate of drug-likeness (QED) is 0.843. The van der Waals surface area contributed by atoms with Crippen molar-refractivity contribution >= 4 is 22.4 Å². The summed E-state index contributed by atoms with van der Waals surface area (Å²) in [5.74, 6) is 0.862. The topological polar surface area (TPSA) is 78.2 Å². The number of carbonyl (C=O) groups excluding carboxylic acids is 1. The molecule has 0 atom stereocenters. The first-order valence-electron chi connectivity index (χ1n) is 8.69. The van der Waals surface area contributed by atoms with Gasteiger partial charge in [0, 0.05) is 29.8 Å². The number of piperidine rings is 1. The Morgan fingerprint density at radius 2 is 2.12 bits per heavy atom. The van der Waals surface area contributed by atoms with Crippen molar-refractivity contribution in [2.75, 3.05) is 32.1 Å². The van der Waals surface area contributed by atoms with E-state index >= 15 is 0 Å². The van der Waals surface area contributed by atoms with Gasteiger partial charge in [-0.1, -0.05) is 0 Å². The van der Waals surface area contributed by atoms with Crippen molar-refractivity contribution in [2.24, 2.45) is 5.92 Å². The van der Waals surface area contributed by atoms with E-state index in [2.05, 4.69) is 21.3 Å². The molecule has 0 saturated carbocycles. The van der Waals surface area contributed by atoms with Crippen LogP contribution >= 0.6 is 11.3 Å². The molecule has 3 rings (SSSR count). The summed E-state index contributed by atoms with van der Waals surface area (Å²) in [5, 5.41) is 14.2. The van der Waals surface area contributed by atoms with Crippen molar-refractivity contribution < 1.29 is 9.53 Å². The molecule has 0 radical (unpaired) electrons. The number of ether oxygens (including phenoxy) is 1. The molecule has 1 aromatic carbocycles. The van der Waals surface area contributed by atoms with E-state index in [1.807, 2.05) is 29.6 Å². The molecule has 0 bridgehead atoms. The number of methoxy groups -OCH3 is 1. The Bertz CT molecular complexity index is 774. The van der Waals surface area contributed by atoms with Gasteiger partial charge >= 0.3 is 0 Å². The van der Waals surface area contributed by atoms with E-state index in [0.717, 1.165) is 49.5 Å². The van der Waals surface area contributed by atoms with E-state index in [-0.39, 0.29) is 11.8 Å². The lowest BCUT2D eigenvalue weighted by molar-refractivity contribution is -0.121. The number of nitrogens with zero attached hydrogens (tertiary/aromatic N) is 3. The number of nitriles is 1. The monoisotopic (exact) mass is 370 g/mol. The minimum absolute atomic E-state index is 0.0154. The van der Waals surface area contributed by atoms with E-state index in [4.69, 9.17) is 10.00 Å². The van der Waals surface area contributed by atoms with E-state index in [0.29, 0.717) is 11.6 Å². The second-order valence-corrected chi connectivity index (χ2v) is 7.14. The normalized spacial score (nSPS) is 15.4. The molecule has 0 unspecified atom stereocenters. The minimum atomic E-state index is 0.0154. The highest BCUT2D eigenvalue weighted by atomic mass is 32.1. The van der Waals surface area contributed by atoms with Crippen LogP contribution < -0.4 is 10.1 Å². The molecule has 2 heterocycles. The molecule has 1 aliphatic heterocycles. The number of anilines is 1. The van der Waals surface area contributed by atoms with Crippen molar-refractivity contribution in [3.63, 3.8) is 0 Å². The lowest BCUT2D eigenvalue weighted by Gasteiger charge is -2.30. The molecule has 1 N–H and O–H groups in total. The summed E-state index contributed by atoms with van der Waals surface area (Å²) in [6.07, 6.45) is 2.20. The largest absolute Gasteiger partial charge is 0.497 e. The first kappa shape index (κ1) is 18.4. The zero-order chi connectivity index (χ0) is 18.4. The lowest BCUT2D eigenvalue weighted by atomic mass is 9.96. The van der Waals surface area contributed by atoms with Crippen LogP contribution in [0.3, 0.4) is 0 Å². The van der Waals surface area contributed by atoms with Crippen molar-refractivity contribution in [3.05, 3.63) is 29.6 Å². The number of hydrogen-bond donors (Lipinski definition) is 1. The average Bonchev–Trinajstić information content (AvgIpc) is 3.15. The van der Waals surface area contributed by atoms with Crippen LogP contribution in [0.1, 0.15) is 19.3 Å². The Morgan fingerprint density at radius 3 is 2.77 bits per heavy atom. The fourth-order valence-electron chi connectivity index (χ4n) is 3.06. The molecule has 136 valence electrons. The molecule has 1 aliphatic rings. The molecule has 7 heteroatoms. The van der Waals surface area contributed by atoms with Crippen LogP contribution in [-0.4, -0.2) is 42.5 Å². The van der Waals surface area contributed by atoms with Crippen LogP contribution in [0, 0.1) is 17.2 Å². The zero-order valence-electron chi connectivity index (χ0n) is 14.8.